The highest BCUT2D eigenvalue weighted by Gasteiger charge is 2.25. The van der Waals surface area contributed by atoms with Crippen molar-refractivity contribution in [2.24, 2.45) is 5.92 Å². The quantitative estimate of drug-likeness (QED) is 0.656. The van der Waals surface area contributed by atoms with E-state index in [1.54, 1.807) is 12.1 Å². The normalized spacial score (nSPS) is 20.3. The number of cyclic esters (lactones) is 1. The van der Waals surface area contributed by atoms with Gasteiger partial charge in [-0.15, -0.1) is 0 Å². The average Bonchev–Trinajstić information content (AvgIpc) is 2.80. The van der Waals surface area contributed by atoms with Crippen molar-refractivity contribution in [1.82, 2.24) is 10.6 Å². The summed E-state index contributed by atoms with van der Waals surface area (Å²) in [5, 5.41) is 6.47. The van der Waals surface area contributed by atoms with Crippen LogP contribution in [-0.4, -0.2) is 24.4 Å². The Hall–Kier alpha value is -2.86. The minimum Gasteiger partial charge on any atom is -0.463 e. The zero-order valence-corrected chi connectivity index (χ0v) is 18.8. The fraction of sp³-hybridized carbons (Fsp3) is 0.400. The fourth-order valence-electron chi connectivity index (χ4n) is 3.71. The Morgan fingerprint density at radius 2 is 1.78 bits per heavy atom. The van der Waals surface area contributed by atoms with E-state index in [2.05, 4.69) is 10.6 Å². The van der Waals surface area contributed by atoms with Crippen LogP contribution in [-0.2, 0) is 25.7 Å². The molecule has 1 unspecified atom stereocenters. The summed E-state index contributed by atoms with van der Waals surface area (Å²) in [5.41, 5.74) is 1.81. The summed E-state index contributed by atoms with van der Waals surface area (Å²) in [5.74, 6) is -1.15. The first-order valence-electron chi connectivity index (χ1n) is 11.0. The van der Waals surface area contributed by atoms with E-state index >= 15 is 0 Å². The predicted octanol–water partition coefficient (Wildman–Crippen LogP) is 4.33. The van der Waals surface area contributed by atoms with Crippen LogP contribution in [0.4, 0.5) is 0 Å². The van der Waals surface area contributed by atoms with E-state index in [-0.39, 0.29) is 24.8 Å². The largest absolute Gasteiger partial charge is 0.463 e. The van der Waals surface area contributed by atoms with E-state index in [0.29, 0.717) is 24.4 Å². The lowest BCUT2D eigenvalue weighted by Gasteiger charge is -2.22. The monoisotopic (exact) mass is 456 g/mol. The van der Waals surface area contributed by atoms with Crippen LogP contribution in [0.15, 0.2) is 54.6 Å². The number of amides is 2. The van der Waals surface area contributed by atoms with Gasteiger partial charge in [0.2, 0.25) is 11.8 Å². The molecule has 6 nitrogen and oxygen atoms in total. The Morgan fingerprint density at radius 3 is 2.53 bits per heavy atom. The summed E-state index contributed by atoms with van der Waals surface area (Å²) in [7, 11) is 0. The Kier molecular flexibility index (Phi) is 9.11. The van der Waals surface area contributed by atoms with Crippen LogP contribution >= 0.6 is 11.6 Å². The number of esters is 1. The first-order chi connectivity index (χ1) is 15.5. The van der Waals surface area contributed by atoms with Gasteiger partial charge in [-0.3, -0.25) is 14.4 Å². The molecule has 2 atom stereocenters. The molecule has 170 valence electrons. The van der Waals surface area contributed by atoms with E-state index in [9.17, 15) is 14.4 Å². The number of nitrogens with one attached hydrogen (secondary N) is 2. The Balaban J connectivity index is 1.60. The molecule has 2 aromatic carbocycles. The number of benzene rings is 2. The van der Waals surface area contributed by atoms with Gasteiger partial charge in [0.25, 0.3) is 0 Å². The van der Waals surface area contributed by atoms with Crippen molar-refractivity contribution in [2.45, 2.75) is 51.1 Å². The van der Waals surface area contributed by atoms with Crippen molar-refractivity contribution in [3.05, 3.63) is 70.7 Å². The molecule has 2 N–H and O–H groups in total. The molecular weight excluding hydrogens is 428 g/mol. The molecule has 1 aliphatic rings. The highest BCUT2D eigenvalue weighted by Crippen LogP contribution is 2.21. The molecule has 0 radical (unpaired) electrons. The molecule has 1 fully saturated rings. The van der Waals surface area contributed by atoms with Crippen LogP contribution in [0.5, 0.6) is 0 Å². The molecule has 0 saturated carbocycles. The van der Waals surface area contributed by atoms with Gasteiger partial charge in [-0.2, -0.15) is 0 Å². The standard InChI is InChI=1S/C25H29ClN2O4/c26-21-13-11-18(12-14-21)16-27-24(30)15-20-9-5-2-6-10-23(29)28-22(17-32-25(20)31)19-7-3-1-4-8-19/h1,3-4,7-8,11-14,20,22H,2,5-6,9-10,15-17H2,(H,27,30)(H,28,29)/t20-,22?/m0/s1. The number of ether oxygens (including phenoxy) is 1. The molecular formula is C25H29ClN2O4. The zero-order chi connectivity index (χ0) is 22.8. The van der Waals surface area contributed by atoms with Crippen molar-refractivity contribution >= 4 is 29.4 Å². The molecule has 1 saturated heterocycles. The van der Waals surface area contributed by atoms with Gasteiger partial charge in [-0.25, -0.2) is 0 Å². The Morgan fingerprint density at radius 1 is 1.03 bits per heavy atom. The highest BCUT2D eigenvalue weighted by atomic mass is 35.5. The molecule has 0 bridgehead atoms. The van der Waals surface area contributed by atoms with Crippen LogP contribution in [0.1, 0.15) is 55.7 Å². The first kappa shape index (κ1) is 23.8. The second kappa shape index (κ2) is 12.2. The first-order valence-corrected chi connectivity index (χ1v) is 11.4. The van der Waals surface area contributed by atoms with Gasteiger partial charge in [0.05, 0.1) is 12.0 Å². The molecule has 2 amide bonds. The summed E-state index contributed by atoms with van der Waals surface area (Å²) >= 11 is 5.89. The van der Waals surface area contributed by atoms with E-state index in [1.807, 2.05) is 42.5 Å². The Bertz CT molecular complexity index is 902. The third-order valence-electron chi connectivity index (χ3n) is 5.55. The Labute approximate surface area is 193 Å². The topological polar surface area (TPSA) is 84.5 Å². The summed E-state index contributed by atoms with van der Waals surface area (Å²) in [4.78, 5) is 37.6. The highest BCUT2D eigenvalue weighted by molar-refractivity contribution is 6.30. The zero-order valence-electron chi connectivity index (χ0n) is 18.0. The van der Waals surface area contributed by atoms with Gasteiger partial charge in [-0.05, 0) is 36.1 Å². The summed E-state index contributed by atoms with van der Waals surface area (Å²) in [6.07, 6.45) is 3.40. The van der Waals surface area contributed by atoms with Gasteiger partial charge in [-0.1, -0.05) is 66.9 Å². The average molecular weight is 457 g/mol. The third kappa shape index (κ3) is 7.68. The van der Waals surface area contributed by atoms with Crippen LogP contribution in [0.2, 0.25) is 5.02 Å². The van der Waals surface area contributed by atoms with Gasteiger partial charge >= 0.3 is 5.97 Å². The molecule has 1 heterocycles. The molecule has 1 aliphatic heterocycles. The lowest BCUT2D eigenvalue weighted by atomic mass is 9.96. The minimum atomic E-state index is -0.508. The maximum atomic E-state index is 12.8. The van der Waals surface area contributed by atoms with E-state index in [1.165, 1.54) is 0 Å². The molecule has 0 spiro atoms. The second-order valence-corrected chi connectivity index (χ2v) is 8.50. The van der Waals surface area contributed by atoms with Crippen LogP contribution in [0, 0.1) is 5.92 Å². The van der Waals surface area contributed by atoms with Crippen LogP contribution in [0.25, 0.3) is 0 Å². The maximum Gasteiger partial charge on any atom is 0.309 e. The number of hydrogen-bond acceptors (Lipinski definition) is 4. The summed E-state index contributed by atoms with van der Waals surface area (Å²) in [6, 6.07) is 16.3. The smallest absolute Gasteiger partial charge is 0.309 e. The summed E-state index contributed by atoms with van der Waals surface area (Å²) in [6.45, 7) is 0.414. The van der Waals surface area contributed by atoms with Crippen LogP contribution < -0.4 is 10.6 Å². The van der Waals surface area contributed by atoms with Gasteiger partial charge in [0.1, 0.15) is 6.61 Å². The lowest BCUT2D eigenvalue weighted by Crippen LogP contribution is -2.34. The maximum absolute atomic E-state index is 12.8. The minimum absolute atomic E-state index is 0.0392. The van der Waals surface area contributed by atoms with Crippen molar-refractivity contribution in [3.63, 3.8) is 0 Å². The number of carbonyl (C=O) groups is 3. The van der Waals surface area contributed by atoms with Crippen molar-refractivity contribution in [3.8, 4) is 0 Å². The second-order valence-electron chi connectivity index (χ2n) is 8.06. The van der Waals surface area contributed by atoms with Gasteiger partial charge < -0.3 is 15.4 Å². The van der Waals surface area contributed by atoms with Crippen molar-refractivity contribution in [2.75, 3.05) is 6.61 Å². The number of carbonyl (C=O) groups excluding carboxylic acids is 3. The molecule has 2 aromatic rings. The van der Waals surface area contributed by atoms with Crippen LogP contribution in [0.3, 0.4) is 0 Å². The molecule has 7 heteroatoms. The fourth-order valence-corrected chi connectivity index (χ4v) is 3.84. The number of rotatable bonds is 5. The molecule has 32 heavy (non-hydrogen) atoms. The van der Waals surface area contributed by atoms with Gasteiger partial charge in [0.15, 0.2) is 0 Å². The van der Waals surface area contributed by atoms with E-state index in [4.69, 9.17) is 16.3 Å². The summed E-state index contributed by atoms with van der Waals surface area (Å²) < 4.78 is 5.57. The predicted molar refractivity (Wildman–Crippen MR) is 123 cm³/mol. The third-order valence-corrected chi connectivity index (χ3v) is 5.81. The molecule has 0 aromatic heterocycles. The lowest BCUT2D eigenvalue weighted by molar-refractivity contribution is -0.152. The van der Waals surface area contributed by atoms with E-state index in [0.717, 1.165) is 30.4 Å². The number of hydrogen-bond donors (Lipinski definition) is 2. The van der Waals surface area contributed by atoms with E-state index < -0.39 is 17.9 Å². The van der Waals surface area contributed by atoms with Crippen molar-refractivity contribution in [1.29, 1.82) is 0 Å². The van der Waals surface area contributed by atoms with Gasteiger partial charge in [0, 0.05) is 24.4 Å². The number of halogens is 1. The SMILES string of the molecule is O=C(C[C@@H]1CCCCCC(=O)NC(c2ccccc2)COC1=O)NCc1ccc(Cl)cc1. The molecule has 3 rings (SSSR count). The van der Waals surface area contributed by atoms with Crippen molar-refractivity contribution < 1.29 is 19.1 Å². The molecule has 0 aliphatic carbocycles.